The third kappa shape index (κ3) is 1.74. The molecule has 4 nitrogen and oxygen atoms in total. The minimum Gasteiger partial charge on any atom is -0.375 e. The van der Waals surface area contributed by atoms with Gasteiger partial charge in [-0.3, -0.25) is 4.79 Å². The summed E-state index contributed by atoms with van der Waals surface area (Å²) in [6.07, 6.45) is 0.218. The zero-order valence-corrected chi connectivity index (χ0v) is 10.1. The Kier molecular flexibility index (Phi) is 2.52. The van der Waals surface area contributed by atoms with Crippen LogP contribution in [0.1, 0.15) is 22.8 Å². The van der Waals surface area contributed by atoms with E-state index in [9.17, 15) is 9.18 Å². The summed E-state index contributed by atoms with van der Waals surface area (Å²) in [7, 11) is 0. The molecule has 6 heteroatoms. The van der Waals surface area contributed by atoms with Crippen LogP contribution in [-0.4, -0.2) is 10.9 Å². The van der Waals surface area contributed by atoms with Crippen molar-refractivity contribution in [2.75, 3.05) is 11.1 Å². The van der Waals surface area contributed by atoms with Gasteiger partial charge in [-0.2, -0.15) is 0 Å². The predicted octanol–water partition coefficient (Wildman–Crippen LogP) is 2.34. The van der Waals surface area contributed by atoms with E-state index in [2.05, 4.69) is 10.3 Å². The molecule has 0 aliphatic carbocycles. The molecule has 3 N–H and O–H groups in total. The van der Waals surface area contributed by atoms with Gasteiger partial charge >= 0.3 is 0 Å². The summed E-state index contributed by atoms with van der Waals surface area (Å²) >= 11 is 1.29. The summed E-state index contributed by atoms with van der Waals surface area (Å²) in [6, 6.07) is 6.48. The van der Waals surface area contributed by atoms with Gasteiger partial charge in [-0.25, -0.2) is 9.37 Å². The van der Waals surface area contributed by atoms with Gasteiger partial charge in [-0.05, 0) is 11.6 Å². The first kappa shape index (κ1) is 11.2. The summed E-state index contributed by atoms with van der Waals surface area (Å²) < 4.78 is 13.8. The molecular weight excluding hydrogens is 253 g/mol. The van der Waals surface area contributed by atoms with Crippen molar-refractivity contribution in [3.8, 4) is 0 Å². The standard InChI is InChI=1S/C12H10FN3OS/c13-8-4-2-1-3-6(8)7-5-9(17)15-11-10(7)18-12(14)16-11/h1-4,7H,5H2,(H2,14,16)(H,15,17). The van der Waals surface area contributed by atoms with E-state index in [4.69, 9.17) is 5.73 Å². The molecule has 0 radical (unpaired) electrons. The summed E-state index contributed by atoms with van der Waals surface area (Å²) in [5, 5.41) is 3.04. The van der Waals surface area contributed by atoms with Crippen LogP contribution in [0, 0.1) is 5.82 Å². The smallest absolute Gasteiger partial charge is 0.226 e. The Labute approximate surface area is 107 Å². The first-order valence-corrected chi connectivity index (χ1v) is 6.27. The zero-order valence-electron chi connectivity index (χ0n) is 9.31. The number of hydrogen-bond donors (Lipinski definition) is 2. The van der Waals surface area contributed by atoms with Crippen molar-refractivity contribution in [1.29, 1.82) is 0 Å². The molecule has 3 rings (SSSR count). The van der Waals surface area contributed by atoms with Crippen molar-refractivity contribution < 1.29 is 9.18 Å². The van der Waals surface area contributed by atoms with Gasteiger partial charge in [-0.15, -0.1) is 0 Å². The van der Waals surface area contributed by atoms with Crippen molar-refractivity contribution in [3.05, 3.63) is 40.5 Å². The number of rotatable bonds is 1. The van der Waals surface area contributed by atoms with E-state index < -0.39 is 0 Å². The zero-order chi connectivity index (χ0) is 12.7. The molecule has 1 unspecified atom stereocenters. The quantitative estimate of drug-likeness (QED) is 0.829. The number of nitrogen functional groups attached to an aromatic ring is 1. The fourth-order valence-electron chi connectivity index (χ4n) is 2.14. The third-order valence-corrected chi connectivity index (χ3v) is 3.91. The Morgan fingerprint density at radius 2 is 2.22 bits per heavy atom. The molecule has 1 atom stereocenters. The second-order valence-electron chi connectivity index (χ2n) is 4.09. The SMILES string of the molecule is Nc1nc2c(s1)C(c1ccccc1F)CC(=O)N2. The molecule has 2 aromatic rings. The van der Waals surface area contributed by atoms with E-state index in [1.54, 1.807) is 18.2 Å². The van der Waals surface area contributed by atoms with Crippen molar-refractivity contribution >= 4 is 28.2 Å². The highest BCUT2D eigenvalue weighted by Crippen LogP contribution is 2.41. The van der Waals surface area contributed by atoms with Gasteiger partial charge in [-0.1, -0.05) is 29.5 Å². The Morgan fingerprint density at radius 1 is 1.44 bits per heavy atom. The van der Waals surface area contributed by atoms with Crippen molar-refractivity contribution in [1.82, 2.24) is 4.98 Å². The van der Waals surface area contributed by atoms with Crippen molar-refractivity contribution in [2.45, 2.75) is 12.3 Å². The lowest BCUT2D eigenvalue weighted by molar-refractivity contribution is -0.116. The number of nitrogens with one attached hydrogen (secondary N) is 1. The number of nitrogens with zero attached hydrogens (tertiary/aromatic N) is 1. The lowest BCUT2D eigenvalue weighted by Gasteiger charge is -2.21. The number of amides is 1. The molecule has 2 heterocycles. The molecule has 0 bridgehead atoms. The number of halogens is 1. The van der Waals surface area contributed by atoms with Crippen LogP contribution in [0.15, 0.2) is 24.3 Å². The van der Waals surface area contributed by atoms with Gasteiger partial charge < -0.3 is 11.1 Å². The largest absolute Gasteiger partial charge is 0.375 e. The fraction of sp³-hybridized carbons (Fsp3) is 0.167. The molecular formula is C12H10FN3OS. The van der Waals surface area contributed by atoms with Gasteiger partial charge in [0, 0.05) is 12.3 Å². The van der Waals surface area contributed by atoms with Crippen LogP contribution in [0.4, 0.5) is 15.3 Å². The predicted molar refractivity (Wildman–Crippen MR) is 68.0 cm³/mol. The summed E-state index contributed by atoms with van der Waals surface area (Å²) in [4.78, 5) is 16.5. The van der Waals surface area contributed by atoms with Gasteiger partial charge in [0.25, 0.3) is 0 Å². The van der Waals surface area contributed by atoms with Gasteiger partial charge in [0.1, 0.15) is 11.6 Å². The van der Waals surface area contributed by atoms with Crippen LogP contribution in [-0.2, 0) is 4.79 Å². The van der Waals surface area contributed by atoms with Gasteiger partial charge in [0.2, 0.25) is 5.91 Å². The van der Waals surface area contributed by atoms with Crippen LogP contribution in [0.25, 0.3) is 0 Å². The number of fused-ring (bicyclic) bond motifs is 1. The number of thiazole rings is 1. The van der Waals surface area contributed by atoms with Crippen LogP contribution in [0.5, 0.6) is 0 Å². The summed E-state index contributed by atoms with van der Waals surface area (Å²) in [5.41, 5.74) is 6.16. The second kappa shape index (κ2) is 4.06. The topological polar surface area (TPSA) is 68.0 Å². The van der Waals surface area contributed by atoms with Gasteiger partial charge in [0.05, 0.1) is 4.88 Å². The highest BCUT2D eigenvalue weighted by Gasteiger charge is 2.31. The minimum absolute atomic E-state index is 0.166. The summed E-state index contributed by atoms with van der Waals surface area (Å²) in [5.74, 6) is -0.317. The first-order valence-electron chi connectivity index (χ1n) is 5.45. The number of carbonyl (C=O) groups is 1. The Hall–Kier alpha value is -1.95. The number of benzene rings is 1. The highest BCUT2D eigenvalue weighted by atomic mass is 32.1. The van der Waals surface area contributed by atoms with E-state index in [1.165, 1.54) is 17.4 Å². The molecule has 1 aromatic carbocycles. The van der Waals surface area contributed by atoms with E-state index in [-0.39, 0.29) is 24.1 Å². The molecule has 1 aliphatic rings. The molecule has 92 valence electrons. The minimum atomic E-state index is -0.310. The molecule has 1 aromatic heterocycles. The normalized spacial score (nSPS) is 18.3. The Bertz CT molecular complexity index is 626. The molecule has 0 fully saturated rings. The van der Waals surface area contributed by atoms with Crippen LogP contribution < -0.4 is 11.1 Å². The maximum absolute atomic E-state index is 13.8. The van der Waals surface area contributed by atoms with E-state index >= 15 is 0 Å². The maximum atomic E-state index is 13.8. The third-order valence-electron chi connectivity index (χ3n) is 2.91. The number of anilines is 2. The molecule has 0 spiro atoms. The lowest BCUT2D eigenvalue weighted by Crippen LogP contribution is -2.23. The fourth-order valence-corrected chi connectivity index (χ4v) is 3.05. The van der Waals surface area contributed by atoms with Crippen molar-refractivity contribution in [3.63, 3.8) is 0 Å². The second-order valence-corrected chi connectivity index (χ2v) is 5.15. The monoisotopic (exact) mass is 263 g/mol. The summed E-state index contributed by atoms with van der Waals surface area (Å²) in [6.45, 7) is 0. The maximum Gasteiger partial charge on any atom is 0.226 e. The highest BCUT2D eigenvalue weighted by molar-refractivity contribution is 7.16. The number of aromatic nitrogens is 1. The molecule has 0 saturated carbocycles. The van der Waals surface area contributed by atoms with E-state index in [1.807, 2.05) is 0 Å². The molecule has 1 amide bonds. The molecule has 1 aliphatic heterocycles. The average Bonchev–Trinajstić information content (AvgIpc) is 2.69. The lowest BCUT2D eigenvalue weighted by atomic mass is 9.91. The molecule has 18 heavy (non-hydrogen) atoms. The van der Waals surface area contributed by atoms with Gasteiger partial charge in [0.15, 0.2) is 5.13 Å². The Balaban J connectivity index is 2.13. The molecule has 0 saturated heterocycles. The van der Waals surface area contributed by atoms with Crippen LogP contribution >= 0.6 is 11.3 Å². The average molecular weight is 263 g/mol. The van der Waals surface area contributed by atoms with E-state index in [0.29, 0.717) is 16.5 Å². The first-order chi connectivity index (χ1) is 8.65. The number of hydrogen-bond acceptors (Lipinski definition) is 4. The Morgan fingerprint density at radius 3 is 3.00 bits per heavy atom. The van der Waals surface area contributed by atoms with Crippen LogP contribution in [0.2, 0.25) is 0 Å². The van der Waals surface area contributed by atoms with Crippen LogP contribution in [0.3, 0.4) is 0 Å². The number of nitrogens with two attached hydrogens (primary N) is 1. The van der Waals surface area contributed by atoms with E-state index in [0.717, 1.165) is 4.88 Å². The number of carbonyl (C=O) groups excluding carboxylic acids is 1. The van der Waals surface area contributed by atoms with Crippen molar-refractivity contribution in [2.24, 2.45) is 0 Å².